The van der Waals surface area contributed by atoms with Crippen molar-refractivity contribution in [3.8, 4) is 11.5 Å². The van der Waals surface area contributed by atoms with E-state index in [4.69, 9.17) is 9.47 Å². The third-order valence-corrected chi connectivity index (χ3v) is 3.69. The maximum Gasteiger partial charge on any atom is 0.311 e. The highest BCUT2D eigenvalue weighted by Crippen LogP contribution is 2.30. The summed E-state index contributed by atoms with van der Waals surface area (Å²) in [6, 6.07) is 8.80. The molecule has 0 bridgehead atoms. The zero-order chi connectivity index (χ0) is 19.3. The summed E-state index contributed by atoms with van der Waals surface area (Å²) in [5.41, 5.74) is 0.863. The molecule has 0 aliphatic heterocycles. The normalized spacial score (nSPS) is 10.1. The SMILES string of the molecule is CCC(=O)Oc1ccc(C(=O)Nc2cccc([N+](=O)[O-])c2C)cc1OC. The van der Waals surface area contributed by atoms with Crippen LogP contribution in [-0.2, 0) is 4.79 Å². The Labute approximate surface area is 149 Å². The first-order valence-corrected chi connectivity index (χ1v) is 7.81. The van der Waals surface area contributed by atoms with Gasteiger partial charge in [0.1, 0.15) is 0 Å². The highest BCUT2D eigenvalue weighted by atomic mass is 16.6. The molecule has 1 amide bonds. The van der Waals surface area contributed by atoms with E-state index < -0.39 is 16.8 Å². The van der Waals surface area contributed by atoms with Crippen LogP contribution in [0, 0.1) is 17.0 Å². The number of amides is 1. The number of hydrogen-bond acceptors (Lipinski definition) is 6. The maximum absolute atomic E-state index is 12.5. The first kappa shape index (κ1) is 18.9. The number of nitro groups is 1. The van der Waals surface area contributed by atoms with E-state index in [9.17, 15) is 19.7 Å². The fourth-order valence-electron chi connectivity index (χ4n) is 2.24. The zero-order valence-corrected chi connectivity index (χ0v) is 14.6. The first-order chi connectivity index (χ1) is 12.4. The third-order valence-electron chi connectivity index (χ3n) is 3.69. The molecule has 2 aromatic carbocycles. The molecule has 0 aliphatic carbocycles. The summed E-state index contributed by atoms with van der Waals surface area (Å²) in [7, 11) is 1.39. The molecule has 0 aliphatic rings. The number of benzene rings is 2. The molecule has 0 fully saturated rings. The summed E-state index contributed by atoms with van der Waals surface area (Å²) in [5, 5.41) is 13.6. The predicted octanol–water partition coefficient (Wildman–Crippen LogP) is 3.48. The van der Waals surface area contributed by atoms with Crippen molar-refractivity contribution in [2.75, 3.05) is 12.4 Å². The summed E-state index contributed by atoms with van der Waals surface area (Å²) in [5.74, 6) is -0.453. The highest BCUT2D eigenvalue weighted by Gasteiger charge is 2.17. The molecule has 26 heavy (non-hydrogen) atoms. The second-order valence-electron chi connectivity index (χ2n) is 5.35. The molecular weight excluding hydrogens is 340 g/mol. The summed E-state index contributed by atoms with van der Waals surface area (Å²) >= 11 is 0. The lowest BCUT2D eigenvalue weighted by Gasteiger charge is -2.12. The molecule has 0 saturated heterocycles. The number of esters is 1. The van der Waals surface area contributed by atoms with Crippen molar-refractivity contribution in [2.24, 2.45) is 0 Å². The molecule has 0 aromatic heterocycles. The Hall–Kier alpha value is -3.42. The molecular formula is C18H18N2O6. The maximum atomic E-state index is 12.5. The number of rotatable bonds is 6. The number of ether oxygens (including phenoxy) is 2. The van der Waals surface area contributed by atoms with E-state index in [0.29, 0.717) is 11.3 Å². The fraction of sp³-hybridized carbons (Fsp3) is 0.222. The van der Waals surface area contributed by atoms with Crippen molar-refractivity contribution >= 4 is 23.3 Å². The molecule has 0 heterocycles. The molecule has 8 heteroatoms. The van der Waals surface area contributed by atoms with Gasteiger partial charge in [-0.1, -0.05) is 13.0 Å². The third kappa shape index (κ3) is 4.15. The molecule has 2 aromatic rings. The Balaban J connectivity index is 2.26. The quantitative estimate of drug-likeness (QED) is 0.366. The number of nitrogens with one attached hydrogen (secondary N) is 1. The zero-order valence-electron chi connectivity index (χ0n) is 14.6. The first-order valence-electron chi connectivity index (χ1n) is 7.81. The highest BCUT2D eigenvalue weighted by molar-refractivity contribution is 6.05. The topological polar surface area (TPSA) is 108 Å². The van der Waals surface area contributed by atoms with Crippen LogP contribution in [0.15, 0.2) is 36.4 Å². The van der Waals surface area contributed by atoms with E-state index in [-0.39, 0.29) is 29.2 Å². The van der Waals surface area contributed by atoms with Crippen molar-refractivity contribution in [3.63, 3.8) is 0 Å². The van der Waals surface area contributed by atoms with Gasteiger partial charge in [-0.3, -0.25) is 19.7 Å². The van der Waals surface area contributed by atoms with E-state index in [1.807, 2.05) is 0 Å². The Bertz CT molecular complexity index is 863. The van der Waals surface area contributed by atoms with Crippen molar-refractivity contribution in [3.05, 3.63) is 57.6 Å². The second-order valence-corrected chi connectivity index (χ2v) is 5.35. The van der Waals surface area contributed by atoms with Crippen LogP contribution in [0.25, 0.3) is 0 Å². The number of carbonyl (C=O) groups excluding carboxylic acids is 2. The summed E-state index contributed by atoms with van der Waals surface area (Å²) in [6.07, 6.45) is 0.206. The lowest BCUT2D eigenvalue weighted by molar-refractivity contribution is -0.385. The van der Waals surface area contributed by atoms with Crippen LogP contribution in [0.3, 0.4) is 0 Å². The molecule has 0 unspecified atom stereocenters. The minimum Gasteiger partial charge on any atom is -0.493 e. The van der Waals surface area contributed by atoms with Gasteiger partial charge in [0.05, 0.1) is 23.3 Å². The Morgan fingerprint density at radius 2 is 1.92 bits per heavy atom. The monoisotopic (exact) mass is 358 g/mol. The Morgan fingerprint density at radius 3 is 2.54 bits per heavy atom. The van der Waals surface area contributed by atoms with Crippen LogP contribution >= 0.6 is 0 Å². The summed E-state index contributed by atoms with van der Waals surface area (Å²) in [6.45, 7) is 3.22. The predicted molar refractivity (Wildman–Crippen MR) is 94.7 cm³/mol. The average Bonchev–Trinajstić information content (AvgIpc) is 2.63. The number of nitro benzene ring substituents is 1. The standard InChI is InChI=1S/C18H18N2O6/c1-4-17(21)26-15-9-8-12(10-16(15)25-3)18(22)19-13-6-5-7-14(11(13)2)20(23)24/h5-10H,4H2,1-3H3,(H,19,22). The minimum absolute atomic E-state index is 0.0813. The number of anilines is 1. The minimum atomic E-state index is -0.509. The molecule has 0 spiro atoms. The Morgan fingerprint density at radius 1 is 1.19 bits per heavy atom. The molecule has 136 valence electrons. The van der Waals surface area contributed by atoms with Crippen LogP contribution in [0.4, 0.5) is 11.4 Å². The number of carbonyl (C=O) groups is 2. The largest absolute Gasteiger partial charge is 0.493 e. The van der Waals surface area contributed by atoms with E-state index >= 15 is 0 Å². The number of hydrogen-bond donors (Lipinski definition) is 1. The van der Waals surface area contributed by atoms with E-state index in [2.05, 4.69) is 5.32 Å². The van der Waals surface area contributed by atoms with Gasteiger partial charge in [-0.2, -0.15) is 0 Å². The number of methoxy groups -OCH3 is 1. The van der Waals surface area contributed by atoms with E-state index in [1.54, 1.807) is 19.9 Å². The van der Waals surface area contributed by atoms with Crippen LogP contribution in [0.1, 0.15) is 29.3 Å². The van der Waals surface area contributed by atoms with Gasteiger partial charge in [0.25, 0.3) is 11.6 Å². The molecule has 2 rings (SSSR count). The average molecular weight is 358 g/mol. The van der Waals surface area contributed by atoms with Crippen molar-refractivity contribution < 1.29 is 24.0 Å². The van der Waals surface area contributed by atoms with Gasteiger partial charge >= 0.3 is 5.97 Å². The molecule has 1 N–H and O–H groups in total. The lowest BCUT2D eigenvalue weighted by Crippen LogP contribution is -2.14. The van der Waals surface area contributed by atoms with Crippen molar-refractivity contribution in [1.82, 2.24) is 0 Å². The van der Waals surface area contributed by atoms with E-state index in [0.717, 1.165) is 0 Å². The summed E-state index contributed by atoms with van der Waals surface area (Å²) < 4.78 is 10.3. The van der Waals surface area contributed by atoms with Crippen molar-refractivity contribution in [2.45, 2.75) is 20.3 Å². The molecule has 0 radical (unpaired) electrons. The van der Waals surface area contributed by atoms with Gasteiger partial charge in [-0.25, -0.2) is 0 Å². The van der Waals surface area contributed by atoms with Crippen LogP contribution in [0.2, 0.25) is 0 Å². The van der Waals surface area contributed by atoms with Crippen LogP contribution in [-0.4, -0.2) is 23.9 Å². The van der Waals surface area contributed by atoms with Crippen LogP contribution < -0.4 is 14.8 Å². The molecule has 0 saturated carbocycles. The Kier molecular flexibility index (Phi) is 5.90. The lowest BCUT2D eigenvalue weighted by atomic mass is 10.1. The van der Waals surface area contributed by atoms with Gasteiger partial charge in [0.15, 0.2) is 11.5 Å². The van der Waals surface area contributed by atoms with Crippen molar-refractivity contribution in [1.29, 1.82) is 0 Å². The van der Waals surface area contributed by atoms with Gasteiger partial charge in [-0.05, 0) is 31.2 Å². The van der Waals surface area contributed by atoms with Gasteiger partial charge in [0, 0.05) is 18.1 Å². The van der Waals surface area contributed by atoms with Gasteiger partial charge in [0.2, 0.25) is 0 Å². The van der Waals surface area contributed by atoms with Gasteiger partial charge in [-0.15, -0.1) is 0 Å². The fourth-order valence-corrected chi connectivity index (χ4v) is 2.24. The van der Waals surface area contributed by atoms with Crippen LogP contribution in [0.5, 0.6) is 11.5 Å². The smallest absolute Gasteiger partial charge is 0.311 e. The molecule has 0 atom stereocenters. The molecule has 8 nitrogen and oxygen atoms in total. The summed E-state index contributed by atoms with van der Waals surface area (Å²) in [4.78, 5) is 34.4. The second kappa shape index (κ2) is 8.11. The number of nitrogens with zero attached hydrogens (tertiary/aromatic N) is 1. The van der Waals surface area contributed by atoms with Gasteiger partial charge < -0.3 is 14.8 Å². The van der Waals surface area contributed by atoms with E-state index in [1.165, 1.54) is 37.4 Å².